The van der Waals surface area contributed by atoms with Crippen LogP contribution in [0.2, 0.25) is 0 Å². The Morgan fingerprint density at radius 2 is 0.913 bits per heavy atom. The number of H-pyrrole nitrogens is 1. The molecule has 490 valence electrons. The first-order valence-electron chi connectivity index (χ1n) is 30.8. The Labute approximate surface area is 543 Å². The second-order valence-corrected chi connectivity index (χ2v) is 25.7. The monoisotopic (exact) mass is 1300 g/mol. The molecule has 0 unspecified atom stereocenters. The molecule has 1 saturated heterocycles. The lowest BCUT2D eigenvalue weighted by Crippen LogP contribution is -2.62. The molecule has 0 saturated carbocycles. The second kappa shape index (κ2) is 35.9. The molecular formula is C67H84N12O11S2. The number of carbonyl (C=O) groups excluding carboxylic acids is 8. The third-order valence-corrected chi connectivity index (χ3v) is 17.9. The van der Waals surface area contributed by atoms with Gasteiger partial charge >= 0.3 is 5.97 Å². The predicted octanol–water partition coefficient (Wildman–Crippen LogP) is 2.37. The highest BCUT2D eigenvalue weighted by atomic mass is 33.1. The van der Waals surface area contributed by atoms with E-state index in [9.17, 15) is 34.2 Å². The van der Waals surface area contributed by atoms with Crippen molar-refractivity contribution in [3.63, 3.8) is 0 Å². The van der Waals surface area contributed by atoms with Gasteiger partial charge in [-0.25, -0.2) is 4.79 Å². The second-order valence-electron chi connectivity index (χ2n) is 23.1. The maximum absolute atomic E-state index is 15.4. The number of amides is 8. The van der Waals surface area contributed by atoms with Gasteiger partial charge < -0.3 is 74.5 Å². The average molecular weight is 1300 g/mol. The van der Waals surface area contributed by atoms with Gasteiger partial charge in [-0.05, 0) is 72.2 Å². The number of nitrogens with one attached hydrogen (secondary N) is 10. The summed E-state index contributed by atoms with van der Waals surface area (Å²) >= 11 is 0. The molecule has 16 N–H and O–H groups in total. The molecular weight excluding hydrogens is 1210 g/mol. The summed E-state index contributed by atoms with van der Waals surface area (Å²) in [5, 5.41) is 47.7. The molecule has 6 aromatic rings. The molecule has 0 radical (unpaired) electrons. The number of aliphatic hydroxyl groups is 1. The number of hydrogen-bond acceptors (Lipinski definition) is 15. The van der Waals surface area contributed by atoms with Gasteiger partial charge in [-0.2, -0.15) is 0 Å². The summed E-state index contributed by atoms with van der Waals surface area (Å²) in [6.07, 6.45) is 0.411. The normalized spacial score (nSPS) is 22.8. The number of aliphatic hydroxyl groups excluding tert-OH is 1. The highest BCUT2D eigenvalue weighted by Gasteiger charge is 2.37. The maximum atomic E-state index is 15.4. The molecule has 8 amide bonds. The number of fused-ring (bicyclic) bond motifs is 1. The van der Waals surface area contributed by atoms with E-state index in [1.807, 2.05) is 50.2 Å². The number of carboxylic acid groups (broad SMARTS) is 1. The Bertz CT molecular complexity index is 3420. The van der Waals surface area contributed by atoms with E-state index in [4.69, 9.17) is 11.5 Å². The van der Waals surface area contributed by atoms with Gasteiger partial charge in [-0.1, -0.05) is 169 Å². The maximum Gasteiger partial charge on any atom is 0.327 e. The number of aliphatic carboxylic acids is 1. The van der Waals surface area contributed by atoms with Crippen molar-refractivity contribution in [3.8, 4) is 0 Å². The molecule has 0 aliphatic carbocycles. The zero-order valence-corrected chi connectivity index (χ0v) is 53.4. The summed E-state index contributed by atoms with van der Waals surface area (Å²) in [6.45, 7) is 6.10. The number of benzene rings is 5. The van der Waals surface area contributed by atoms with Crippen LogP contribution in [0.25, 0.3) is 10.9 Å². The highest BCUT2D eigenvalue weighted by Crippen LogP contribution is 2.24. The fourth-order valence-corrected chi connectivity index (χ4v) is 12.6. The Morgan fingerprint density at radius 1 is 0.500 bits per heavy atom. The van der Waals surface area contributed by atoms with Gasteiger partial charge in [-0.3, -0.25) is 38.4 Å². The number of rotatable bonds is 19. The van der Waals surface area contributed by atoms with E-state index in [0.717, 1.165) is 38.1 Å². The van der Waals surface area contributed by atoms with Crippen LogP contribution < -0.4 is 59.3 Å². The van der Waals surface area contributed by atoms with Gasteiger partial charge in [0, 0.05) is 73.3 Å². The van der Waals surface area contributed by atoms with Gasteiger partial charge in [0.05, 0.1) is 12.1 Å². The molecule has 1 aliphatic heterocycles. The number of nitrogens with two attached hydrogens (primary N) is 2. The van der Waals surface area contributed by atoms with E-state index in [1.165, 1.54) is 6.92 Å². The van der Waals surface area contributed by atoms with Crippen LogP contribution in [0.5, 0.6) is 0 Å². The average Bonchev–Trinajstić information content (AvgIpc) is 1.80. The molecule has 1 aromatic heterocycles. The van der Waals surface area contributed by atoms with Crippen molar-refractivity contribution in [2.75, 3.05) is 18.1 Å². The largest absolute Gasteiger partial charge is 0.480 e. The first-order chi connectivity index (χ1) is 44.2. The number of hydrogen-bond donors (Lipinski definition) is 14. The Morgan fingerprint density at radius 3 is 1.40 bits per heavy atom. The minimum absolute atomic E-state index is 0.0649. The number of carbonyl (C=O) groups is 9. The lowest BCUT2D eigenvalue weighted by atomic mass is 9.99. The van der Waals surface area contributed by atoms with Gasteiger partial charge in [0.2, 0.25) is 47.3 Å². The number of carboxylic acids is 1. The number of para-hydroxylation sites is 1. The molecule has 10 atom stereocenters. The van der Waals surface area contributed by atoms with Crippen LogP contribution in [0.3, 0.4) is 0 Å². The Hall–Kier alpha value is -8.59. The lowest BCUT2D eigenvalue weighted by Gasteiger charge is -2.29. The Balaban J connectivity index is 1.31. The predicted molar refractivity (Wildman–Crippen MR) is 355 cm³/mol. The van der Waals surface area contributed by atoms with Crippen molar-refractivity contribution < 1.29 is 53.4 Å². The molecule has 2 heterocycles. The van der Waals surface area contributed by atoms with E-state index in [1.54, 1.807) is 109 Å². The number of unbranched alkanes of at least 4 members (excludes halogenated alkanes) is 1. The topological polar surface area (TPSA) is 370 Å². The Kier molecular flexibility index (Phi) is 27.6. The smallest absolute Gasteiger partial charge is 0.327 e. The molecule has 7 rings (SSSR count). The molecule has 23 nitrogen and oxygen atoms in total. The summed E-state index contributed by atoms with van der Waals surface area (Å²) in [4.78, 5) is 134. The van der Waals surface area contributed by atoms with Gasteiger partial charge in [0.25, 0.3) is 0 Å². The minimum Gasteiger partial charge on any atom is -0.480 e. The first-order valence-corrected chi connectivity index (χ1v) is 33.3. The molecule has 25 heteroatoms. The zero-order valence-electron chi connectivity index (χ0n) is 51.7. The first kappa shape index (κ1) is 70.9. The quantitative estimate of drug-likeness (QED) is 0.0409. The number of aromatic amines is 1. The standard InChI is InChI=1S/C67H84N12O11S2/c1-40(2)70-36-46-28-26-45(27-29-46)34-55-65(87)79-58(41(3)80)66(88)77-54(33-44-21-11-6-12-22-44)63(85)78-57(67(89)90)39-92-91-38-49(69)59(81)72-51(25-15-16-30-68)60(82)73-52(31-42-17-7-4-8-18-42)61(83)74-53(32-43-19-9-5-10-20-43)62(84)76-56(64(86)75-55)35-47-37-71-50-24-14-13-23-48(47)50/h4-14,17-24,26-29,37,40-41,49,51-58,70-71,80H,15-16,25,30-36,38-39,68-69H2,1-3H3,(H,72,81)(H,73,82)(H,74,83)(H,75,86)(H,76,84)(H,77,88)(H,78,85)(H,79,87)(H,89,90)/t41-,49-,51-,52-,53+,54+,55+,56+,57+,58-/m1/s1. The van der Waals surface area contributed by atoms with Gasteiger partial charge in [0.1, 0.15) is 48.3 Å². The lowest BCUT2D eigenvalue weighted by molar-refractivity contribution is -0.141. The fraction of sp³-hybridized carbons (Fsp3) is 0.388. The van der Waals surface area contributed by atoms with E-state index in [-0.39, 0.29) is 62.6 Å². The van der Waals surface area contributed by atoms with Crippen LogP contribution >= 0.6 is 21.6 Å². The van der Waals surface area contributed by atoms with E-state index in [0.29, 0.717) is 47.2 Å². The van der Waals surface area contributed by atoms with Crippen LogP contribution in [-0.2, 0) is 81.8 Å². The minimum atomic E-state index is -1.77. The summed E-state index contributed by atoms with van der Waals surface area (Å²) in [7, 11) is 2.03. The van der Waals surface area contributed by atoms with Crippen molar-refractivity contribution in [2.24, 2.45) is 11.5 Å². The van der Waals surface area contributed by atoms with Crippen molar-refractivity contribution in [1.82, 2.24) is 52.8 Å². The van der Waals surface area contributed by atoms with Crippen molar-refractivity contribution in [1.29, 1.82) is 0 Å². The summed E-state index contributed by atoms with van der Waals surface area (Å²) in [6, 6.07) is 28.1. The fourth-order valence-electron chi connectivity index (χ4n) is 10.3. The van der Waals surface area contributed by atoms with E-state index in [2.05, 4.69) is 52.8 Å². The number of aromatic nitrogens is 1. The third-order valence-electron chi connectivity index (χ3n) is 15.4. The van der Waals surface area contributed by atoms with E-state index >= 15 is 19.2 Å². The molecule has 92 heavy (non-hydrogen) atoms. The molecule has 5 aromatic carbocycles. The van der Waals surface area contributed by atoms with Crippen molar-refractivity contribution >= 4 is 85.7 Å². The third kappa shape index (κ3) is 22.1. The van der Waals surface area contributed by atoms with Crippen LogP contribution in [0.15, 0.2) is 146 Å². The SMILES string of the molecule is CC(C)NCc1ccc(C[C@@H]2NC(=O)[C@H](Cc3c[nH]c4ccccc34)NC(=O)[C@H](Cc3ccccc3)NC(=O)[C@@H](Cc3ccccc3)NC(=O)[C@@H](CCCCN)NC(=O)[C@H](N)CSSC[C@@H](C(=O)O)NC(=O)[C@H](Cc3ccccc3)NC(=O)[C@@H]([C@@H](C)O)NC2=O)cc1. The summed E-state index contributed by atoms with van der Waals surface area (Å²) in [5.41, 5.74) is 16.9. The van der Waals surface area contributed by atoms with Gasteiger partial charge in [0.15, 0.2) is 0 Å². The van der Waals surface area contributed by atoms with Crippen molar-refractivity contribution in [3.05, 3.63) is 179 Å². The van der Waals surface area contributed by atoms with Gasteiger partial charge in [-0.15, -0.1) is 0 Å². The molecule has 1 aliphatic rings. The van der Waals surface area contributed by atoms with Crippen LogP contribution in [0.4, 0.5) is 0 Å². The van der Waals surface area contributed by atoms with Crippen LogP contribution in [0.1, 0.15) is 73.4 Å². The molecule has 0 bridgehead atoms. The molecule has 0 spiro atoms. The zero-order chi connectivity index (χ0) is 66.1. The summed E-state index contributed by atoms with van der Waals surface area (Å²) < 4.78 is 0. The van der Waals surface area contributed by atoms with Crippen LogP contribution in [-0.4, -0.2) is 153 Å². The van der Waals surface area contributed by atoms with Crippen molar-refractivity contribution in [2.45, 2.75) is 145 Å². The molecule has 1 fully saturated rings. The van der Waals surface area contributed by atoms with Crippen LogP contribution in [0, 0.1) is 0 Å². The summed E-state index contributed by atoms with van der Waals surface area (Å²) in [5.74, 6) is -8.51. The highest BCUT2D eigenvalue weighted by molar-refractivity contribution is 8.76. The van der Waals surface area contributed by atoms with E-state index < -0.39 is 114 Å².